The first-order chi connectivity index (χ1) is 13.1. The molecule has 1 unspecified atom stereocenters. The molecule has 0 radical (unpaired) electrons. The van der Waals surface area contributed by atoms with E-state index >= 15 is 0 Å². The third kappa shape index (κ3) is 4.02. The zero-order valence-corrected chi connectivity index (χ0v) is 16.5. The maximum atomic E-state index is 11.6. The molecule has 2 heterocycles. The zero-order valence-electron chi connectivity index (χ0n) is 16.5. The van der Waals surface area contributed by atoms with Gasteiger partial charge < -0.3 is 14.5 Å². The Morgan fingerprint density at radius 2 is 1.81 bits per heavy atom. The number of benzene rings is 1. The van der Waals surface area contributed by atoms with Gasteiger partial charge in [0.05, 0.1) is 24.1 Å². The number of piperazine rings is 1. The molecule has 1 aliphatic rings. The van der Waals surface area contributed by atoms with Crippen molar-refractivity contribution in [3.05, 3.63) is 41.2 Å². The summed E-state index contributed by atoms with van der Waals surface area (Å²) in [5.41, 5.74) is 3.69. The van der Waals surface area contributed by atoms with Gasteiger partial charge in [-0.25, -0.2) is 9.78 Å². The Hall–Kier alpha value is -2.70. The van der Waals surface area contributed by atoms with Gasteiger partial charge in [-0.3, -0.25) is 0 Å². The largest absolute Gasteiger partial charge is 0.465 e. The van der Waals surface area contributed by atoms with E-state index in [1.165, 1.54) is 7.11 Å². The van der Waals surface area contributed by atoms with Crippen molar-refractivity contribution in [2.45, 2.75) is 39.7 Å². The number of hydrogen-bond donors (Lipinski definition) is 0. The van der Waals surface area contributed by atoms with Gasteiger partial charge >= 0.3 is 5.97 Å². The highest BCUT2D eigenvalue weighted by atomic mass is 16.5. The van der Waals surface area contributed by atoms with E-state index in [4.69, 9.17) is 9.72 Å². The zero-order chi connectivity index (χ0) is 19.4. The average Bonchev–Trinajstić information content (AvgIpc) is 2.72. The van der Waals surface area contributed by atoms with Crippen LogP contribution in [0.2, 0.25) is 0 Å². The maximum Gasteiger partial charge on any atom is 0.337 e. The van der Waals surface area contributed by atoms with Crippen molar-refractivity contribution >= 4 is 17.6 Å². The molecule has 144 valence electrons. The SMILES string of the molecule is CCc1nnc(N2CCN(c3ccc(C(=O)OC)cc3)CC2C)nc1CC. The molecule has 3 rings (SSSR count). The number of nitrogens with zero attached hydrogens (tertiary/aromatic N) is 5. The number of rotatable bonds is 5. The van der Waals surface area contributed by atoms with E-state index in [0.29, 0.717) is 5.56 Å². The van der Waals surface area contributed by atoms with Crippen LogP contribution >= 0.6 is 0 Å². The molecule has 0 spiro atoms. The number of methoxy groups -OCH3 is 1. The van der Waals surface area contributed by atoms with E-state index in [-0.39, 0.29) is 12.0 Å². The summed E-state index contributed by atoms with van der Waals surface area (Å²) in [6.07, 6.45) is 1.72. The molecule has 7 nitrogen and oxygen atoms in total. The molecule has 1 saturated heterocycles. The van der Waals surface area contributed by atoms with E-state index in [9.17, 15) is 4.79 Å². The summed E-state index contributed by atoms with van der Waals surface area (Å²) in [4.78, 5) is 20.9. The summed E-state index contributed by atoms with van der Waals surface area (Å²) >= 11 is 0. The van der Waals surface area contributed by atoms with Gasteiger partial charge in [0.15, 0.2) is 0 Å². The predicted molar refractivity (Wildman–Crippen MR) is 105 cm³/mol. The predicted octanol–water partition coefficient (Wildman–Crippen LogP) is 2.50. The van der Waals surface area contributed by atoms with E-state index < -0.39 is 0 Å². The number of carbonyl (C=O) groups is 1. The van der Waals surface area contributed by atoms with Crippen molar-refractivity contribution in [3.8, 4) is 0 Å². The number of carbonyl (C=O) groups excluding carboxylic acids is 1. The van der Waals surface area contributed by atoms with Crippen molar-refractivity contribution < 1.29 is 9.53 Å². The summed E-state index contributed by atoms with van der Waals surface area (Å²) in [5, 5.41) is 8.74. The van der Waals surface area contributed by atoms with Crippen molar-refractivity contribution in [3.63, 3.8) is 0 Å². The normalized spacial score (nSPS) is 17.1. The molecule has 27 heavy (non-hydrogen) atoms. The summed E-state index contributed by atoms with van der Waals surface area (Å²) < 4.78 is 4.76. The minimum atomic E-state index is -0.313. The van der Waals surface area contributed by atoms with Crippen LogP contribution in [0.4, 0.5) is 11.6 Å². The first-order valence-corrected chi connectivity index (χ1v) is 9.49. The number of anilines is 2. The van der Waals surface area contributed by atoms with E-state index in [0.717, 1.165) is 55.5 Å². The standard InChI is InChI=1S/C20H27N5O2/c1-5-17-18(6-2)22-23-20(21-17)25-12-11-24(13-14(25)3)16-9-7-15(8-10-16)19(26)27-4/h7-10,14H,5-6,11-13H2,1-4H3. The Balaban J connectivity index is 1.71. The van der Waals surface area contributed by atoms with Gasteiger partial charge in [-0.05, 0) is 44.0 Å². The molecule has 7 heteroatoms. The van der Waals surface area contributed by atoms with Crippen LogP contribution < -0.4 is 9.80 Å². The first kappa shape index (κ1) is 19.1. The van der Waals surface area contributed by atoms with Crippen LogP contribution in [-0.2, 0) is 17.6 Å². The average molecular weight is 369 g/mol. The third-order valence-corrected chi connectivity index (χ3v) is 5.04. The number of esters is 1. The smallest absolute Gasteiger partial charge is 0.337 e. The monoisotopic (exact) mass is 369 g/mol. The van der Waals surface area contributed by atoms with Gasteiger partial charge in [-0.15, -0.1) is 5.10 Å². The second kappa shape index (κ2) is 8.33. The molecule has 0 saturated carbocycles. The van der Waals surface area contributed by atoms with Gasteiger partial charge in [-0.1, -0.05) is 13.8 Å². The molecule has 0 amide bonds. The summed E-state index contributed by atoms with van der Waals surface area (Å²) in [6, 6.07) is 7.82. The highest BCUT2D eigenvalue weighted by Gasteiger charge is 2.26. The highest BCUT2D eigenvalue weighted by Crippen LogP contribution is 2.23. The van der Waals surface area contributed by atoms with Crippen LogP contribution in [-0.4, -0.2) is 53.9 Å². The van der Waals surface area contributed by atoms with Crippen LogP contribution in [0.25, 0.3) is 0 Å². The molecule has 2 aromatic rings. The highest BCUT2D eigenvalue weighted by molar-refractivity contribution is 5.89. The van der Waals surface area contributed by atoms with Crippen LogP contribution in [0.15, 0.2) is 24.3 Å². The summed E-state index contributed by atoms with van der Waals surface area (Å²) in [7, 11) is 1.39. The van der Waals surface area contributed by atoms with Crippen molar-refractivity contribution in [2.75, 3.05) is 36.5 Å². The maximum absolute atomic E-state index is 11.6. The summed E-state index contributed by atoms with van der Waals surface area (Å²) in [5.74, 6) is 0.406. The lowest BCUT2D eigenvalue weighted by Crippen LogP contribution is -2.52. The molecule has 1 fully saturated rings. The molecule has 1 aromatic heterocycles. The minimum Gasteiger partial charge on any atom is -0.465 e. The second-order valence-electron chi connectivity index (χ2n) is 6.74. The fourth-order valence-corrected chi connectivity index (χ4v) is 3.47. The van der Waals surface area contributed by atoms with Crippen molar-refractivity contribution in [2.24, 2.45) is 0 Å². The van der Waals surface area contributed by atoms with Gasteiger partial charge in [0.2, 0.25) is 5.95 Å². The molecule has 1 atom stereocenters. The Kier molecular flexibility index (Phi) is 5.88. The number of aryl methyl sites for hydroxylation is 2. The molecule has 1 aromatic carbocycles. The van der Waals surface area contributed by atoms with E-state index in [1.807, 2.05) is 24.3 Å². The quantitative estimate of drug-likeness (QED) is 0.750. The summed E-state index contributed by atoms with van der Waals surface area (Å²) in [6.45, 7) is 8.91. The fraction of sp³-hybridized carbons (Fsp3) is 0.500. The first-order valence-electron chi connectivity index (χ1n) is 9.49. The van der Waals surface area contributed by atoms with Gasteiger partial charge in [0.25, 0.3) is 0 Å². The van der Waals surface area contributed by atoms with Gasteiger partial charge in [0, 0.05) is 31.4 Å². The lowest BCUT2D eigenvalue weighted by molar-refractivity contribution is 0.0601. The topological polar surface area (TPSA) is 71.5 Å². The Labute approximate surface area is 160 Å². The third-order valence-electron chi connectivity index (χ3n) is 5.04. The van der Waals surface area contributed by atoms with Crippen molar-refractivity contribution in [1.29, 1.82) is 0 Å². The van der Waals surface area contributed by atoms with Gasteiger partial charge in [-0.2, -0.15) is 5.10 Å². The molecular weight excluding hydrogens is 342 g/mol. The van der Waals surface area contributed by atoms with Crippen molar-refractivity contribution in [1.82, 2.24) is 15.2 Å². The number of aromatic nitrogens is 3. The number of hydrogen-bond acceptors (Lipinski definition) is 7. The Morgan fingerprint density at radius 1 is 1.11 bits per heavy atom. The lowest BCUT2D eigenvalue weighted by Gasteiger charge is -2.41. The van der Waals surface area contributed by atoms with E-state index in [2.05, 4.69) is 40.8 Å². The fourth-order valence-electron chi connectivity index (χ4n) is 3.47. The van der Waals surface area contributed by atoms with Crippen LogP contribution in [0.1, 0.15) is 42.5 Å². The molecule has 0 aliphatic carbocycles. The van der Waals surface area contributed by atoms with Crippen LogP contribution in [0.3, 0.4) is 0 Å². The lowest BCUT2D eigenvalue weighted by atomic mass is 10.1. The molecular formula is C20H27N5O2. The van der Waals surface area contributed by atoms with E-state index in [1.54, 1.807) is 0 Å². The number of ether oxygens (including phenoxy) is 1. The van der Waals surface area contributed by atoms with Crippen LogP contribution in [0.5, 0.6) is 0 Å². The molecule has 1 aliphatic heterocycles. The minimum absolute atomic E-state index is 0.262. The Morgan fingerprint density at radius 3 is 2.41 bits per heavy atom. The Bertz CT molecular complexity index is 793. The molecule has 0 N–H and O–H groups in total. The van der Waals surface area contributed by atoms with Gasteiger partial charge in [0.1, 0.15) is 0 Å². The molecule has 0 bridgehead atoms. The second-order valence-corrected chi connectivity index (χ2v) is 6.74. The van der Waals surface area contributed by atoms with Crippen LogP contribution in [0, 0.1) is 0 Å².